The van der Waals surface area contributed by atoms with Crippen LogP contribution in [0.4, 0.5) is 24.5 Å². The maximum atomic E-state index is 12.8. The average Bonchev–Trinajstić information content (AvgIpc) is 2.68. The Kier molecular flexibility index (Phi) is 5.66. The summed E-state index contributed by atoms with van der Waals surface area (Å²) in [4.78, 5) is 10.9. The van der Waals surface area contributed by atoms with E-state index in [0.717, 1.165) is 0 Å². The minimum atomic E-state index is -5.83. The monoisotopic (exact) mass is 454 g/mol. The molecule has 1 aliphatic rings. The number of halogens is 3. The molecule has 2 aromatic rings. The Labute approximate surface area is 176 Å². The Morgan fingerprint density at radius 3 is 2.23 bits per heavy atom. The quantitative estimate of drug-likeness (QED) is 0.355. The summed E-state index contributed by atoms with van der Waals surface area (Å²) < 4.78 is 65.7. The van der Waals surface area contributed by atoms with E-state index in [2.05, 4.69) is 14.4 Å². The number of aromatic carboxylic acids is 1. The molecular weight excluding hydrogens is 437 g/mol. The Bertz CT molecular complexity index is 1180. The lowest BCUT2D eigenvalue weighted by Crippen LogP contribution is -2.27. The highest BCUT2D eigenvalue weighted by Gasteiger charge is 2.49. The molecule has 0 saturated carbocycles. The molecule has 0 radical (unpaired) electrons. The zero-order valence-corrected chi connectivity index (χ0v) is 17.2. The maximum absolute atomic E-state index is 12.8. The Morgan fingerprint density at radius 2 is 1.65 bits per heavy atom. The number of rotatable bonds is 5. The third-order valence-corrected chi connectivity index (χ3v) is 5.64. The van der Waals surface area contributed by atoms with Crippen LogP contribution in [0.2, 0.25) is 0 Å². The second-order valence-electron chi connectivity index (χ2n) is 7.42. The smallest absolute Gasteiger partial charge is 0.478 e. The van der Waals surface area contributed by atoms with Gasteiger partial charge in [-0.1, -0.05) is 19.9 Å². The lowest BCUT2D eigenvalue weighted by molar-refractivity contribution is -0.0509. The summed E-state index contributed by atoms with van der Waals surface area (Å²) in [6.45, 7) is 3.73. The van der Waals surface area contributed by atoms with Gasteiger partial charge >= 0.3 is 21.6 Å². The molecular formula is C20H17F3N2O5S. The lowest BCUT2D eigenvalue weighted by Gasteiger charge is -2.31. The lowest BCUT2D eigenvalue weighted by atomic mass is 9.75. The van der Waals surface area contributed by atoms with Gasteiger partial charge in [0.1, 0.15) is 5.76 Å². The third kappa shape index (κ3) is 4.76. The van der Waals surface area contributed by atoms with E-state index in [1.807, 2.05) is 13.8 Å². The summed E-state index contributed by atoms with van der Waals surface area (Å²) in [5.41, 5.74) is -4.57. The van der Waals surface area contributed by atoms with E-state index in [1.165, 1.54) is 36.4 Å². The molecule has 1 aliphatic carbocycles. The fraction of sp³-hybridized carbons (Fsp3) is 0.250. The molecule has 0 bridgehead atoms. The summed E-state index contributed by atoms with van der Waals surface area (Å²) in [6.07, 6.45) is 1.58. The highest BCUT2D eigenvalue weighted by atomic mass is 32.2. The molecule has 2 aromatic carbocycles. The molecule has 31 heavy (non-hydrogen) atoms. The van der Waals surface area contributed by atoms with E-state index in [-0.39, 0.29) is 23.2 Å². The van der Waals surface area contributed by atoms with Crippen molar-refractivity contribution in [3.8, 4) is 0 Å². The van der Waals surface area contributed by atoms with Crippen molar-refractivity contribution in [1.82, 2.24) is 0 Å². The molecule has 0 fully saturated rings. The SMILES string of the molecule is CC1(C)CC=C(OS(=O)(=O)C(F)(F)F)c2cc(/N=N/c3ccc(C(=O)O)cc3)ccc21. The summed E-state index contributed by atoms with van der Waals surface area (Å²) in [7, 11) is -5.83. The molecule has 0 heterocycles. The Hall–Kier alpha value is -3.21. The van der Waals surface area contributed by atoms with E-state index in [9.17, 15) is 26.4 Å². The van der Waals surface area contributed by atoms with Crippen LogP contribution < -0.4 is 0 Å². The first-order valence-corrected chi connectivity index (χ1v) is 10.3. The number of azo groups is 1. The number of carbonyl (C=O) groups is 1. The van der Waals surface area contributed by atoms with E-state index < -0.39 is 32.8 Å². The number of alkyl halides is 3. The topological polar surface area (TPSA) is 105 Å². The Morgan fingerprint density at radius 1 is 1.06 bits per heavy atom. The van der Waals surface area contributed by atoms with Crippen molar-refractivity contribution < 1.29 is 35.7 Å². The van der Waals surface area contributed by atoms with Crippen LogP contribution >= 0.6 is 0 Å². The van der Waals surface area contributed by atoms with Gasteiger partial charge in [-0.2, -0.15) is 31.8 Å². The molecule has 0 aromatic heterocycles. The predicted octanol–water partition coefficient (Wildman–Crippen LogP) is 5.69. The third-order valence-electron chi connectivity index (χ3n) is 4.67. The van der Waals surface area contributed by atoms with Crippen LogP contribution in [0.3, 0.4) is 0 Å². The fourth-order valence-corrected chi connectivity index (χ4v) is 3.48. The maximum Gasteiger partial charge on any atom is 0.534 e. The van der Waals surface area contributed by atoms with Gasteiger partial charge in [0.25, 0.3) is 0 Å². The summed E-state index contributed by atoms with van der Waals surface area (Å²) >= 11 is 0. The van der Waals surface area contributed by atoms with Gasteiger partial charge in [-0.3, -0.25) is 0 Å². The highest BCUT2D eigenvalue weighted by Crippen LogP contribution is 2.42. The van der Waals surface area contributed by atoms with E-state index in [4.69, 9.17) is 5.11 Å². The summed E-state index contributed by atoms with van der Waals surface area (Å²) in [5.74, 6) is -1.51. The molecule has 164 valence electrons. The van der Waals surface area contributed by atoms with Crippen LogP contribution in [0, 0.1) is 0 Å². The van der Waals surface area contributed by atoms with Crippen LogP contribution in [0.15, 0.2) is 58.8 Å². The van der Waals surface area contributed by atoms with Crippen LogP contribution in [-0.2, 0) is 19.7 Å². The number of nitrogens with zero attached hydrogens (tertiary/aromatic N) is 2. The average molecular weight is 454 g/mol. The van der Waals surface area contributed by atoms with Crippen LogP contribution in [-0.4, -0.2) is 25.0 Å². The van der Waals surface area contributed by atoms with Gasteiger partial charge in [0, 0.05) is 5.56 Å². The fourth-order valence-electron chi connectivity index (χ4n) is 2.99. The number of hydrogen-bond acceptors (Lipinski definition) is 6. The molecule has 7 nitrogen and oxygen atoms in total. The molecule has 3 rings (SSSR count). The molecule has 0 unspecified atom stereocenters. The van der Waals surface area contributed by atoms with Gasteiger partial charge < -0.3 is 9.29 Å². The van der Waals surface area contributed by atoms with Gasteiger partial charge in [0.15, 0.2) is 0 Å². The van der Waals surface area contributed by atoms with Gasteiger partial charge in [-0.05, 0) is 59.9 Å². The van der Waals surface area contributed by atoms with E-state index in [1.54, 1.807) is 12.1 Å². The second-order valence-corrected chi connectivity index (χ2v) is 8.96. The molecule has 0 aliphatic heterocycles. The summed E-state index contributed by atoms with van der Waals surface area (Å²) in [5, 5.41) is 16.9. The van der Waals surface area contributed by atoms with Crippen molar-refractivity contribution in [2.24, 2.45) is 10.2 Å². The van der Waals surface area contributed by atoms with Crippen molar-refractivity contribution >= 4 is 33.2 Å². The number of hydrogen-bond donors (Lipinski definition) is 1. The van der Waals surface area contributed by atoms with Gasteiger partial charge in [0.2, 0.25) is 0 Å². The largest absolute Gasteiger partial charge is 0.534 e. The number of carboxylic acids is 1. The molecule has 0 atom stereocenters. The van der Waals surface area contributed by atoms with Crippen molar-refractivity contribution in [3.63, 3.8) is 0 Å². The number of allylic oxidation sites excluding steroid dienone is 1. The normalized spacial score (nSPS) is 16.0. The van der Waals surface area contributed by atoms with Crippen LogP contribution in [0.5, 0.6) is 0 Å². The second kappa shape index (κ2) is 7.80. The molecule has 0 spiro atoms. The van der Waals surface area contributed by atoms with E-state index >= 15 is 0 Å². The molecule has 1 N–H and O–H groups in total. The number of benzene rings is 2. The van der Waals surface area contributed by atoms with Crippen molar-refractivity contribution in [3.05, 3.63) is 65.2 Å². The highest BCUT2D eigenvalue weighted by molar-refractivity contribution is 7.87. The first kappa shape index (κ1) is 22.5. The minimum Gasteiger partial charge on any atom is -0.478 e. The van der Waals surface area contributed by atoms with Gasteiger partial charge in [-0.25, -0.2) is 4.79 Å². The van der Waals surface area contributed by atoms with Crippen molar-refractivity contribution in [2.75, 3.05) is 0 Å². The van der Waals surface area contributed by atoms with Gasteiger partial charge in [0.05, 0.1) is 16.9 Å². The summed E-state index contributed by atoms with van der Waals surface area (Å²) in [6, 6.07) is 10.2. The predicted molar refractivity (Wildman–Crippen MR) is 106 cm³/mol. The first-order chi connectivity index (χ1) is 14.3. The van der Waals surface area contributed by atoms with E-state index in [0.29, 0.717) is 11.3 Å². The minimum absolute atomic E-state index is 0.0766. The zero-order chi connectivity index (χ0) is 23.0. The number of fused-ring (bicyclic) bond motifs is 1. The molecule has 0 saturated heterocycles. The Balaban J connectivity index is 1.95. The standard InChI is InChI=1S/C20H17F3N2O5S/c1-19(2)10-9-17(30-31(28,29)20(21,22)23)15-11-14(7-8-16(15)19)25-24-13-5-3-12(4-6-13)18(26)27/h3-9,11H,10H2,1-2H3,(H,26,27)/b25-24+. The zero-order valence-electron chi connectivity index (χ0n) is 16.3. The van der Waals surface area contributed by atoms with Crippen LogP contribution in [0.25, 0.3) is 5.76 Å². The first-order valence-electron chi connectivity index (χ1n) is 8.91. The molecule has 11 heteroatoms. The van der Waals surface area contributed by atoms with Crippen molar-refractivity contribution in [1.29, 1.82) is 0 Å². The van der Waals surface area contributed by atoms with Gasteiger partial charge in [-0.15, -0.1) is 0 Å². The number of carboxylic acid groups (broad SMARTS) is 1. The molecule has 0 amide bonds. The van der Waals surface area contributed by atoms with Crippen molar-refractivity contribution in [2.45, 2.75) is 31.2 Å². The van der Waals surface area contributed by atoms with Crippen LogP contribution in [0.1, 0.15) is 41.8 Å².